The highest BCUT2D eigenvalue weighted by Gasteiger charge is 2.31. The topological polar surface area (TPSA) is 0 Å². The van der Waals surface area contributed by atoms with Crippen LogP contribution in [0, 0.1) is 0 Å². The van der Waals surface area contributed by atoms with Gasteiger partial charge in [-0.2, -0.15) is 0 Å². The summed E-state index contributed by atoms with van der Waals surface area (Å²) in [5.74, 6) is 0. The third kappa shape index (κ3) is 2.78. The molecule has 1 atom stereocenters. The predicted octanol–water partition coefficient (Wildman–Crippen LogP) is 6.00. The highest BCUT2D eigenvalue weighted by atomic mass is 79.9. The van der Waals surface area contributed by atoms with E-state index in [1.165, 1.54) is 47.5 Å². The first-order valence-corrected chi connectivity index (χ1v) is 8.14. The molecular formula is C15H20Br2. The van der Waals surface area contributed by atoms with E-state index in [2.05, 4.69) is 57.8 Å². The van der Waals surface area contributed by atoms with Crippen LogP contribution >= 0.6 is 31.9 Å². The Morgan fingerprint density at radius 3 is 2.65 bits per heavy atom. The average molecular weight is 360 g/mol. The Kier molecular flexibility index (Phi) is 4.35. The lowest BCUT2D eigenvalue weighted by molar-refractivity contribution is 0.355. The summed E-state index contributed by atoms with van der Waals surface area (Å²) >= 11 is 7.26. The number of aryl methyl sites for hydroxylation is 1. The van der Waals surface area contributed by atoms with Crippen molar-refractivity contribution in [1.82, 2.24) is 0 Å². The minimum absolute atomic E-state index is 0.396. The Balaban J connectivity index is 2.39. The van der Waals surface area contributed by atoms with Gasteiger partial charge in [-0.3, -0.25) is 0 Å². The summed E-state index contributed by atoms with van der Waals surface area (Å²) in [5.41, 5.74) is 3.52. The van der Waals surface area contributed by atoms with Crippen LogP contribution in [0.25, 0.3) is 0 Å². The number of hydrogen-bond donors (Lipinski definition) is 0. The summed E-state index contributed by atoms with van der Waals surface area (Å²) in [6.07, 6.45) is 7.87. The predicted molar refractivity (Wildman–Crippen MR) is 81.7 cm³/mol. The molecule has 1 aliphatic rings. The minimum atomic E-state index is 0.396. The van der Waals surface area contributed by atoms with E-state index in [0.717, 1.165) is 0 Å². The van der Waals surface area contributed by atoms with Crippen LogP contribution in [0.15, 0.2) is 21.1 Å². The van der Waals surface area contributed by atoms with E-state index in [1.807, 2.05) is 0 Å². The highest BCUT2D eigenvalue weighted by Crippen LogP contribution is 2.43. The van der Waals surface area contributed by atoms with E-state index >= 15 is 0 Å². The van der Waals surface area contributed by atoms with Crippen LogP contribution in [0.1, 0.15) is 57.1 Å². The summed E-state index contributed by atoms with van der Waals surface area (Å²) in [4.78, 5) is 0. The van der Waals surface area contributed by atoms with E-state index in [9.17, 15) is 0 Å². The fourth-order valence-electron chi connectivity index (χ4n) is 2.99. The van der Waals surface area contributed by atoms with Crippen molar-refractivity contribution in [2.75, 3.05) is 0 Å². The van der Waals surface area contributed by atoms with Crippen LogP contribution < -0.4 is 0 Å². The summed E-state index contributed by atoms with van der Waals surface area (Å²) in [7, 11) is 0. The summed E-state index contributed by atoms with van der Waals surface area (Å²) in [6, 6.07) is 4.65. The molecule has 17 heavy (non-hydrogen) atoms. The second-order valence-electron chi connectivity index (χ2n) is 5.44. The smallest absolute Gasteiger partial charge is 0.0320 e. The number of hydrogen-bond acceptors (Lipinski definition) is 0. The summed E-state index contributed by atoms with van der Waals surface area (Å²) in [6.45, 7) is 4.73. The number of rotatable bonds is 3. The van der Waals surface area contributed by atoms with Crippen molar-refractivity contribution in [3.63, 3.8) is 0 Å². The van der Waals surface area contributed by atoms with E-state index in [1.54, 1.807) is 11.1 Å². The van der Waals surface area contributed by atoms with E-state index < -0.39 is 0 Å². The van der Waals surface area contributed by atoms with Crippen LogP contribution in [-0.2, 0) is 11.8 Å². The standard InChI is InChI=1S/C15H20Br2/c1-3-4-7-15(2)8-5-6-11-9-13(16)14(17)10-12(11)15/h9-10H,3-8H2,1-2H3. The molecule has 0 N–H and O–H groups in total. The molecule has 0 saturated heterocycles. The van der Waals surface area contributed by atoms with Crippen LogP contribution in [0.2, 0.25) is 0 Å². The molecule has 1 aromatic carbocycles. The van der Waals surface area contributed by atoms with Crippen molar-refractivity contribution in [3.8, 4) is 0 Å². The zero-order valence-corrected chi connectivity index (χ0v) is 13.8. The lowest BCUT2D eigenvalue weighted by atomic mass is 9.69. The Hall–Kier alpha value is 0.180. The number of benzene rings is 1. The Labute approximate surface area is 121 Å². The molecule has 0 bridgehead atoms. The van der Waals surface area contributed by atoms with Crippen LogP contribution in [0.5, 0.6) is 0 Å². The molecule has 0 amide bonds. The highest BCUT2D eigenvalue weighted by molar-refractivity contribution is 9.13. The van der Waals surface area contributed by atoms with Gasteiger partial charge in [0.05, 0.1) is 0 Å². The molecule has 0 fully saturated rings. The van der Waals surface area contributed by atoms with Gasteiger partial charge in [-0.15, -0.1) is 0 Å². The van der Waals surface area contributed by atoms with Gasteiger partial charge in [0, 0.05) is 8.95 Å². The second kappa shape index (κ2) is 5.44. The molecule has 1 aromatic rings. The molecule has 0 aliphatic heterocycles. The van der Waals surface area contributed by atoms with E-state index in [4.69, 9.17) is 0 Å². The van der Waals surface area contributed by atoms with Gasteiger partial charge in [-0.1, -0.05) is 26.7 Å². The third-order valence-corrected chi connectivity index (χ3v) is 5.90. The first-order valence-electron chi connectivity index (χ1n) is 6.55. The molecule has 2 heteroatoms. The van der Waals surface area contributed by atoms with Gasteiger partial charge < -0.3 is 0 Å². The average Bonchev–Trinajstić information content (AvgIpc) is 2.30. The third-order valence-electron chi connectivity index (χ3n) is 4.05. The first kappa shape index (κ1) is 13.6. The maximum absolute atomic E-state index is 3.65. The van der Waals surface area contributed by atoms with E-state index in [0.29, 0.717) is 5.41 Å². The van der Waals surface area contributed by atoms with Crippen molar-refractivity contribution in [3.05, 3.63) is 32.2 Å². The fraction of sp³-hybridized carbons (Fsp3) is 0.600. The Morgan fingerprint density at radius 2 is 1.94 bits per heavy atom. The lowest BCUT2D eigenvalue weighted by Crippen LogP contribution is -2.27. The summed E-state index contributed by atoms with van der Waals surface area (Å²) in [5, 5.41) is 0. The monoisotopic (exact) mass is 358 g/mol. The Morgan fingerprint density at radius 1 is 1.24 bits per heavy atom. The number of halogens is 2. The fourth-order valence-corrected chi connectivity index (χ4v) is 3.72. The first-order chi connectivity index (χ1) is 8.07. The molecule has 0 nitrogen and oxygen atoms in total. The van der Waals surface area contributed by atoms with Gasteiger partial charge >= 0.3 is 0 Å². The molecule has 0 saturated carbocycles. The minimum Gasteiger partial charge on any atom is -0.0654 e. The normalized spacial score (nSPS) is 23.5. The molecule has 94 valence electrons. The van der Waals surface area contributed by atoms with E-state index in [-0.39, 0.29) is 0 Å². The summed E-state index contributed by atoms with van der Waals surface area (Å²) < 4.78 is 2.39. The molecule has 1 unspecified atom stereocenters. The SMILES string of the molecule is CCCCC1(C)CCCc2cc(Br)c(Br)cc21. The zero-order valence-electron chi connectivity index (χ0n) is 10.7. The second-order valence-corrected chi connectivity index (χ2v) is 7.15. The molecular weight excluding hydrogens is 340 g/mol. The largest absolute Gasteiger partial charge is 0.0654 e. The molecule has 2 rings (SSSR count). The van der Waals surface area contributed by atoms with Gasteiger partial charge in [-0.05, 0) is 86.2 Å². The van der Waals surface area contributed by atoms with Gasteiger partial charge in [0.25, 0.3) is 0 Å². The number of fused-ring (bicyclic) bond motifs is 1. The zero-order chi connectivity index (χ0) is 12.5. The maximum atomic E-state index is 3.65. The van der Waals surface area contributed by atoms with Crippen molar-refractivity contribution < 1.29 is 0 Å². The quantitative estimate of drug-likeness (QED) is 0.621. The van der Waals surface area contributed by atoms with Crippen molar-refractivity contribution >= 4 is 31.9 Å². The van der Waals surface area contributed by atoms with Crippen LogP contribution in [-0.4, -0.2) is 0 Å². The molecule has 0 heterocycles. The maximum Gasteiger partial charge on any atom is 0.0320 e. The lowest BCUT2D eigenvalue weighted by Gasteiger charge is -2.36. The van der Waals surface area contributed by atoms with Gasteiger partial charge in [0.15, 0.2) is 0 Å². The number of unbranched alkanes of at least 4 members (excludes halogenated alkanes) is 1. The van der Waals surface area contributed by atoms with Gasteiger partial charge in [0.2, 0.25) is 0 Å². The van der Waals surface area contributed by atoms with Gasteiger partial charge in [0.1, 0.15) is 0 Å². The van der Waals surface area contributed by atoms with Gasteiger partial charge in [-0.25, -0.2) is 0 Å². The van der Waals surface area contributed by atoms with Crippen molar-refractivity contribution in [2.45, 2.75) is 57.8 Å². The molecule has 1 aliphatic carbocycles. The molecule has 0 radical (unpaired) electrons. The van der Waals surface area contributed by atoms with Crippen molar-refractivity contribution in [1.29, 1.82) is 0 Å². The van der Waals surface area contributed by atoms with Crippen molar-refractivity contribution in [2.24, 2.45) is 0 Å². The Bertz CT molecular complexity index is 412. The van der Waals surface area contributed by atoms with Crippen LogP contribution in [0.4, 0.5) is 0 Å². The molecule has 0 aromatic heterocycles. The van der Waals surface area contributed by atoms with Crippen LogP contribution in [0.3, 0.4) is 0 Å². The molecule has 0 spiro atoms.